The molecule has 0 fully saturated rings. The second-order valence-electron chi connectivity index (χ2n) is 5.95. The van der Waals surface area contributed by atoms with Crippen LogP contribution in [0.5, 0.6) is 5.75 Å². The van der Waals surface area contributed by atoms with Crippen LogP contribution in [0, 0.1) is 0 Å². The second-order valence-corrected chi connectivity index (χ2v) is 7.82. The number of ether oxygens (including phenoxy) is 1. The minimum Gasteiger partial charge on any atom is -0.489 e. The Morgan fingerprint density at radius 1 is 1.04 bits per heavy atom. The highest BCUT2D eigenvalue weighted by molar-refractivity contribution is 7.22. The van der Waals surface area contributed by atoms with E-state index < -0.39 is 0 Å². The van der Waals surface area contributed by atoms with Crippen LogP contribution in [0.15, 0.2) is 71.8 Å². The number of anilines is 1. The summed E-state index contributed by atoms with van der Waals surface area (Å²) in [6.07, 6.45) is 1.74. The fraction of sp³-hybridized carbons (Fsp3) is 0.0476. The monoisotopic (exact) mass is 427 g/mol. The SMILES string of the molecule is Clc1ccc(COc2ccc(/C=N/Nc3nc4ccccc4s3)cc2)c(Cl)c1. The van der Waals surface area contributed by atoms with E-state index in [0.717, 1.165) is 32.2 Å². The van der Waals surface area contributed by atoms with Gasteiger partial charge in [-0.2, -0.15) is 5.10 Å². The van der Waals surface area contributed by atoms with E-state index >= 15 is 0 Å². The van der Waals surface area contributed by atoms with Crippen LogP contribution in [0.3, 0.4) is 0 Å². The molecule has 3 aromatic carbocycles. The lowest BCUT2D eigenvalue weighted by atomic mass is 10.2. The summed E-state index contributed by atoms with van der Waals surface area (Å²) in [4.78, 5) is 4.48. The number of benzene rings is 3. The minimum atomic E-state index is 0.378. The van der Waals surface area contributed by atoms with Crippen molar-refractivity contribution >= 4 is 56.1 Å². The Kier molecular flexibility index (Phi) is 5.76. The molecule has 0 radical (unpaired) electrons. The van der Waals surface area contributed by atoms with E-state index in [-0.39, 0.29) is 0 Å². The molecule has 0 saturated carbocycles. The van der Waals surface area contributed by atoms with Crippen LogP contribution >= 0.6 is 34.5 Å². The first-order chi connectivity index (χ1) is 13.7. The number of hydrogen-bond donors (Lipinski definition) is 1. The molecule has 0 spiro atoms. The van der Waals surface area contributed by atoms with Gasteiger partial charge in [0.2, 0.25) is 5.13 Å². The van der Waals surface area contributed by atoms with Crippen molar-refractivity contribution in [3.05, 3.63) is 87.9 Å². The summed E-state index contributed by atoms with van der Waals surface area (Å²) >= 11 is 13.6. The van der Waals surface area contributed by atoms with Crippen molar-refractivity contribution < 1.29 is 4.74 Å². The molecule has 4 aromatic rings. The molecule has 0 aliphatic rings. The normalized spacial score (nSPS) is 11.2. The van der Waals surface area contributed by atoms with E-state index in [1.807, 2.05) is 54.6 Å². The molecule has 0 aliphatic heterocycles. The van der Waals surface area contributed by atoms with Gasteiger partial charge in [-0.25, -0.2) is 4.98 Å². The first-order valence-electron chi connectivity index (χ1n) is 8.49. The predicted molar refractivity (Wildman–Crippen MR) is 118 cm³/mol. The summed E-state index contributed by atoms with van der Waals surface area (Å²) in [5.74, 6) is 0.752. The van der Waals surface area contributed by atoms with Crippen LogP contribution in [0.4, 0.5) is 5.13 Å². The Morgan fingerprint density at radius 3 is 2.64 bits per heavy atom. The van der Waals surface area contributed by atoms with Crippen molar-refractivity contribution in [3.8, 4) is 5.75 Å². The van der Waals surface area contributed by atoms with Crippen molar-refractivity contribution in [2.45, 2.75) is 6.61 Å². The third kappa shape index (κ3) is 4.62. The van der Waals surface area contributed by atoms with Crippen molar-refractivity contribution in [1.29, 1.82) is 0 Å². The van der Waals surface area contributed by atoms with Gasteiger partial charge in [-0.3, -0.25) is 5.43 Å². The van der Waals surface area contributed by atoms with Gasteiger partial charge in [0, 0.05) is 15.6 Å². The molecule has 7 heteroatoms. The maximum absolute atomic E-state index is 6.16. The summed E-state index contributed by atoms with van der Waals surface area (Å²) < 4.78 is 6.91. The van der Waals surface area contributed by atoms with Gasteiger partial charge >= 0.3 is 0 Å². The highest BCUT2D eigenvalue weighted by Crippen LogP contribution is 2.25. The predicted octanol–water partition coefficient (Wildman–Crippen LogP) is 6.63. The van der Waals surface area contributed by atoms with Crippen molar-refractivity contribution in [3.63, 3.8) is 0 Å². The number of nitrogens with one attached hydrogen (secondary N) is 1. The van der Waals surface area contributed by atoms with E-state index in [2.05, 4.69) is 15.5 Å². The molecule has 1 aromatic heterocycles. The minimum absolute atomic E-state index is 0.378. The average Bonchev–Trinajstić information content (AvgIpc) is 3.11. The number of hydrogen-bond acceptors (Lipinski definition) is 5. The molecule has 0 unspecified atom stereocenters. The summed E-state index contributed by atoms with van der Waals surface area (Å²) in [5.41, 5.74) is 5.78. The van der Waals surface area contributed by atoms with Crippen LogP contribution in [0.1, 0.15) is 11.1 Å². The summed E-state index contributed by atoms with van der Waals surface area (Å²) in [7, 11) is 0. The number of rotatable bonds is 6. The molecular formula is C21H15Cl2N3OS. The third-order valence-corrected chi connectivity index (χ3v) is 5.49. The lowest BCUT2D eigenvalue weighted by molar-refractivity contribution is 0.306. The Bertz CT molecular complexity index is 1090. The molecule has 0 saturated heterocycles. The van der Waals surface area contributed by atoms with Gasteiger partial charge in [-0.05, 0) is 54.1 Å². The standard InChI is InChI=1S/C21H15Cl2N3OS/c22-16-8-7-15(18(23)11-16)13-27-17-9-5-14(6-10-17)12-24-26-21-25-19-3-1-2-4-20(19)28-21/h1-12H,13H2,(H,25,26)/b24-12+. The zero-order valence-electron chi connectivity index (χ0n) is 14.6. The van der Waals surface area contributed by atoms with Crippen molar-refractivity contribution in [2.24, 2.45) is 5.10 Å². The van der Waals surface area contributed by atoms with Gasteiger partial charge in [0.15, 0.2) is 0 Å². The molecule has 4 rings (SSSR count). The van der Waals surface area contributed by atoms with Crippen LogP contribution < -0.4 is 10.2 Å². The van der Waals surface area contributed by atoms with Crippen molar-refractivity contribution in [2.75, 3.05) is 5.43 Å². The molecule has 28 heavy (non-hydrogen) atoms. The highest BCUT2D eigenvalue weighted by atomic mass is 35.5. The molecular weight excluding hydrogens is 413 g/mol. The molecule has 0 aliphatic carbocycles. The van der Waals surface area contributed by atoms with Gasteiger partial charge < -0.3 is 4.74 Å². The van der Waals surface area contributed by atoms with Gasteiger partial charge in [-0.15, -0.1) is 0 Å². The first kappa shape index (κ1) is 18.7. The third-order valence-electron chi connectivity index (χ3n) is 3.96. The van der Waals surface area contributed by atoms with E-state index in [1.54, 1.807) is 29.7 Å². The largest absolute Gasteiger partial charge is 0.489 e. The van der Waals surface area contributed by atoms with Crippen LogP contribution in [-0.4, -0.2) is 11.2 Å². The fourth-order valence-corrected chi connectivity index (χ4v) is 3.81. The average molecular weight is 428 g/mol. The lowest BCUT2D eigenvalue weighted by Crippen LogP contribution is -1.96. The Balaban J connectivity index is 1.34. The van der Waals surface area contributed by atoms with Gasteiger partial charge in [0.05, 0.1) is 16.4 Å². The maximum atomic E-state index is 6.16. The highest BCUT2D eigenvalue weighted by Gasteiger charge is 2.03. The zero-order chi connectivity index (χ0) is 19.3. The number of fused-ring (bicyclic) bond motifs is 1. The molecule has 1 heterocycles. The number of halogens is 2. The number of hydrazone groups is 1. The van der Waals surface area contributed by atoms with E-state index in [0.29, 0.717) is 16.7 Å². The van der Waals surface area contributed by atoms with Crippen molar-refractivity contribution in [1.82, 2.24) is 4.98 Å². The number of thiazole rings is 1. The molecule has 0 amide bonds. The fourth-order valence-electron chi connectivity index (χ4n) is 2.53. The summed E-state index contributed by atoms with van der Waals surface area (Å²) in [5, 5.41) is 6.22. The summed E-state index contributed by atoms with van der Waals surface area (Å²) in [6.45, 7) is 0.378. The summed E-state index contributed by atoms with van der Waals surface area (Å²) in [6, 6.07) is 21.0. The van der Waals surface area contributed by atoms with Gasteiger partial charge in [0.1, 0.15) is 12.4 Å². The Morgan fingerprint density at radius 2 is 1.86 bits per heavy atom. The van der Waals surface area contributed by atoms with Gasteiger partial charge in [-0.1, -0.05) is 52.7 Å². The topological polar surface area (TPSA) is 46.5 Å². The lowest BCUT2D eigenvalue weighted by Gasteiger charge is -2.08. The number of nitrogens with zero attached hydrogens (tertiary/aromatic N) is 2. The van der Waals surface area contributed by atoms with Crippen LogP contribution in [0.25, 0.3) is 10.2 Å². The Labute approximate surface area is 176 Å². The second kappa shape index (κ2) is 8.61. The van der Waals surface area contributed by atoms with Crippen LogP contribution in [0.2, 0.25) is 10.0 Å². The Hall–Kier alpha value is -2.60. The molecule has 4 nitrogen and oxygen atoms in total. The number of para-hydroxylation sites is 1. The van der Waals surface area contributed by atoms with Gasteiger partial charge in [0.25, 0.3) is 0 Å². The first-order valence-corrected chi connectivity index (χ1v) is 10.1. The number of aromatic nitrogens is 1. The quantitative estimate of drug-likeness (QED) is 0.277. The molecule has 0 atom stereocenters. The smallest absolute Gasteiger partial charge is 0.204 e. The van der Waals surface area contributed by atoms with Crippen LogP contribution in [-0.2, 0) is 6.61 Å². The zero-order valence-corrected chi connectivity index (χ0v) is 16.9. The van der Waals surface area contributed by atoms with E-state index in [1.165, 1.54) is 0 Å². The van der Waals surface area contributed by atoms with E-state index in [9.17, 15) is 0 Å². The molecule has 1 N–H and O–H groups in total. The maximum Gasteiger partial charge on any atom is 0.204 e. The van der Waals surface area contributed by atoms with E-state index in [4.69, 9.17) is 27.9 Å². The molecule has 140 valence electrons. The molecule has 0 bridgehead atoms.